The lowest BCUT2D eigenvalue weighted by Crippen LogP contribution is -1.99. The number of nitrogens with zero attached hydrogens (tertiary/aromatic N) is 6. The van der Waals surface area contributed by atoms with E-state index in [0.717, 1.165) is 11.4 Å². The van der Waals surface area contributed by atoms with Crippen molar-refractivity contribution in [2.24, 2.45) is 14.1 Å². The predicted octanol–water partition coefficient (Wildman–Crippen LogP) is 8.55. The van der Waals surface area contributed by atoms with Crippen molar-refractivity contribution in [3.8, 4) is 0 Å². The Morgan fingerprint density at radius 3 is 1.59 bits per heavy atom. The highest BCUT2D eigenvalue weighted by molar-refractivity contribution is 7.11. The Kier molecular flexibility index (Phi) is 14.0. The van der Waals surface area contributed by atoms with Crippen molar-refractivity contribution in [1.82, 2.24) is 29.5 Å². The van der Waals surface area contributed by atoms with Gasteiger partial charge in [-0.2, -0.15) is 10.2 Å². The van der Waals surface area contributed by atoms with E-state index in [4.69, 9.17) is 0 Å². The molecule has 0 fully saturated rings. The smallest absolute Gasteiger partial charge is 0.0897 e. The number of aryl methyl sites for hydroxylation is 5. The van der Waals surface area contributed by atoms with Gasteiger partial charge in [-0.1, -0.05) is 55.4 Å². The number of hydrogen-bond acceptors (Lipinski definition) is 6. The first kappa shape index (κ1) is 32.7. The molecule has 0 aliphatic rings. The molecule has 0 spiro atoms. The summed E-state index contributed by atoms with van der Waals surface area (Å²) in [7, 11) is 3.92. The summed E-state index contributed by atoms with van der Waals surface area (Å²) in [5.41, 5.74) is 4.79. The molecule has 0 atom stereocenters. The molecule has 206 valence electrons. The number of hydrogen-bond donors (Lipinski definition) is 0. The Labute approximate surface area is 233 Å². The van der Waals surface area contributed by atoms with Gasteiger partial charge in [-0.3, -0.25) is 9.36 Å². The van der Waals surface area contributed by atoms with Gasteiger partial charge in [-0.05, 0) is 56.6 Å². The summed E-state index contributed by atoms with van der Waals surface area (Å²) in [6.07, 6.45) is 3.93. The van der Waals surface area contributed by atoms with E-state index in [1.165, 1.54) is 26.3 Å². The van der Waals surface area contributed by atoms with Crippen molar-refractivity contribution < 1.29 is 0 Å². The predicted molar refractivity (Wildman–Crippen MR) is 161 cm³/mol. The SMILES string of the molecule is CC(C)c1ccn(C)n1.Cc1cc(C(C)C)n(C)n1.Cc1nc(C(C)C)cs1.Cc1ncc(C(C)C)s1. The minimum absolute atomic E-state index is 0.547. The molecule has 37 heavy (non-hydrogen) atoms. The van der Waals surface area contributed by atoms with Crippen LogP contribution in [0.4, 0.5) is 0 Å². The summed E-state index contributed by atoms with van der Waals surface area (Å²) in [5, 5.41) is 12.9. The zero-order valence-corrected chi connectivity index (χ0v) is 26.8. The second-order valence-electron chi connectivity index (χ2n) is 10.4. The van der Waals surface area contributed by atoms with Gasteiger partial charge in [-0.15, -0.1) is 22.7 Å². The molecule has 0 aromatic carbocycles. The lowest BCUT2D eigenvalue weighted by molar-refractivity contribution is 0.665. The lowest BCUT2D eigenvalue weighted by atomic mass is 10.1. The highest BCUT2D eigenvalue weighted by Gasteiger charge is 2.05. The maximum Gasteiger partial charge on any atom is 0.0897 e. The molecule has 0 bridgehead atoms. The standard InChI is InChI=1S/C8H14N2.C7H12N2.2C7H11NS/c1-6(2)8-5-7(3)9-10(8)4;1-6(2)7-4-5-9(3)8-7;1-5(2)7-4-9-6(3)8-7;1-5(2)7-4-8-6(3)9-7/h5-6H,1-4H3;4-6H,1-3H3;2*4-5H,1-3H3. The summed E-state index contributed by atoms with van der Waals surface area (Å²) in [6.45, 7) is 23.4. The Balaban J connectivity index is 0.000000247. The molecule has 4 rings (SSSR count). The van der Waals surface area contributed by atoms with E-state index in [1.54, 1.807) is 22.7 Å². The molecule has 0 N–H and O–H groups in total. The van der Waals surface area contributed by atoms with E-state index in [-0.39, 0.29) is 0 Å². The summed E-state index contributed by atoms with van der Waals surface area (Å²) in [5.74, 6) is 2.34. The van der Waals surface area contributed by atoms with E-state index < -0.39 is 0 Å². The third kappa shape index (κ3) is 12.2. The van der Waals surface area contributed by atoms with E-state index in [1.807, 2.05) is 62.7 Å². The normalized spacial score (nSPS) is 10.7. The first-order valence-corrected chi connectivity index (χ1v) is 14.7. The summed E-state index contributed by atoms with van der Waals surface area (Å²) in [4.78, 5) is 9.87. The average Bonchev–Trinajstić information content (AvgIpc) is 3.58. The van der Waals surface area contributed by atoms with Crippen LogP contribution in [0.1, 0.15) is 117 Å². The molecule has 4 aromatic heterocycles. The van der Waals surface area contributed by atoms with Gasteiger partial charge >= 0.3 is 0 Å². The van der Waals surface area contributed by atoms with Crippen molar-refractivity contribution in [3.63, 3.8) is 0 Å². The van der Waals surface area contributed by atoms with Crippen molar-refractivity contribution in [1.29, 1.82) is 0 Å². The van der Waals surface area contributed by atoms with Crippen LogP contribution in [0.25, 0.3) is 0 Å². The van der Waals surface area contributed by atoms with E-state index in [2.05, 4.69) is 87.0 Å². The average molecular weight is 545 g/mol. The van der Waals surface area contributed by atoms with Gasteiger partial charge in [0.25, 0.3) is 0 Å². The minimum Gasteiger partial charge on any atom is -0.276 e. The molecular formula is C29H48N6S2. The van der Waals surface area contributed by atoms with Crippen LogP contribution in [-0.2, 0) is 14.1 Å². The van der Waals surface area contributed by atoms with Crippen LogP contribution in [0.2, 0.25) is 0 Å². The van der Waals surface area contributed by atoms with Crippen LogP contribution >= 0.6 is 22.7 Å². The topological polar surface area (TPSA) is 61.4 Å². The number of rotatable bonds is 4. The third-order valence-electron chi connectivity index (χ3n) is 5.39. The molecule has 0 unspecified atom stereocenters. The molecule has 0 aliphatic heterocycles. The monoisotopic (exact) mass is 544 g/mol. The fourth-order valence-electron chi connectivity index (χ4n) is 3.20. The van der Waals surface area contributed by atoms with Gasteiger partial charge < -0.3 is 0 Å². The summed E-state index contributed by atoms with van der Waals surface area (Å²) in [6, 6.07) is 4.18. The number of thiazole rings is 2. The first-order valence-electron chi connectivity index (χ1n) is 13.1. The molecular weight excluding hydrogens is 496 g/mol. The van der Waals surface area contributed by atoms with Crippen LogP contribution in [0.5, 0.6) is 0 Å². The molecule has 4 heterocycles. The maximum atomic E-state index is 4.33. The van der Waals surface area contributed by atoms with E-state index in [0.29, 0.717) is 23.7 Å². The van der Waals surface area contributed by atoms with Gasteiger partial charge in [0.15, 0.2) is 0 Å². The van der Waals surface area contributed by atoms with Crippen LogP contribution in [0.15, 0.2) is 29.9 Å². The van der Waals surface area contributed by atoms with Gasteiger partial charge in [0, 0.05) is 42.4 Å². The van der Waals surface area contributed by atoms with Crippen LogP contribution in [0.3, 0.4) is 0 Å². The molecule has 4 aromatic rings. The van der Waals surface area contributed by atoms with Crippen molar-refractivity contribution in [2.75, 3.05) is 0 Å². The molecule has 6 nitrogen and oxygen atoms in total. The summed E-state index contributed by atoms with van der Waals surface area (Å²) < 4.78 is 3.77. The minimum atomic E-state index is 0.547. The van der Waals surface area contributed by atoms with Gasteiger partial charge in [0.05, 0.1) is 27.1 Å². The zero-order valence-electron chi connectivity index (χ0n) is 25.2. The van der Waals surface area contributed by atoms with Crippen LogP contribution < -0.4 is 0 Å². The molecule has 0 saturated carbocycles. The Morgan fingerprint density at radius 2 is 1.38 bits per heavy atom. The molecule has 8 heteroatoms. The maximum absolute atomic E-state index is 4.33. The summed E-state index contributed by atoms with van der Waals surface area (Å²) >= 11 is 3.51. The van der Waals surface area contributed by atoms with E-state index in [9.17, 15) is 0 Å². The van der Waals surface area contributed by atoms with Crippen molar-refractivity contribution in [2.45, 2.75) is 99.8 Å². The van der Waals surface area contributed by atoms with Gasteiger partial charge in [0.2, 0.25) is 0 Å². The molecule has 0 saturated heterocycles. The Hall–Kier alpha value is -2.32. The second kappa shape index (κ2) is 15.8. The van der Waals surface area contributed by atoms with Crippen LogP contribution in [0, 0.1) is 20.8 Å². The zero-order chi connectivity index (χ0) is 28.3. The molecule has 0 aliphatic carbocycles. The highest BCUT2D eigenvalue weighted by Crippen LogP contribution is 2.20. The second-order valence-corrected chi connectivity index (χ2v) is 12.8. The third-order valence-corrected chi connectivity index (χ3v) is 7.40. The fraction of sp³-hybridized carbons (Fsp3) is 0.586. The quantitative estimate of drug-likeness (QED) is 0.258. The largest absolute Gasteiger partial charge is 0.276 e. The lowest BCUT2D eigenvalue weighted by Gasteiger charge is -2.02. The number of aromatic nitrogens is 6. The Morgan fingerprint density at radius 1 is 0.757 bits per heavy atom. The van der Waals surface area contributed by atoms with Crippen LogP contribution in [-0.4, -0.2) is 29.5 Å². The molecule has 0 radical (unpaired) electrons. The van der Waals surface area contributed by atoms with Crippen molar-refractivity contribution >= 4 is 22.7 Å². The first-order chi connectivity index (χ1) is 17.2. The van der Waals surface area contributed by atoms with Gasteiger partial charge in [-0.25, -0.2) is 9.97 Å². The fourth-order valence-corrected chi connectivity index (χ4v) is 4.76. The van der Waals surface area contributed by atoms with Crippen molar-refractivity contribution in [3.05, 3.63) is 67.6 Å². The Bertz CT molecular complexity index is 1060. The van der Waals surface area contributed by atoms with Gasteiger partial charge in [0.1, 0.15) is 0 Å². The molecule has 0 amide bonds. The van der Waals surface area contributed by atoms with E-state index >= 15 is 0 Å². The highest BCUT2D eigenvalue weighted by atomic mass is 32.1.